The van der Waals surface area contributed by atoms with Crippen LogP contribution in [0.1, 0.15) is 10.6 Å². The van der Waals surface area contributed by atoms with Crippen molar-refractivity contribution in [2.24, 2.45) is 0 Å². The maximum absolute atomic E-state index is 5.66. The van der Waals surface area contributed by atoms with E-state index in [4.69, 9.17) is 4.74 Å². The minimum Gasteiger partial charge on any atom is -0.486 e. The molecule has 0 radical (unpaired) electrons. The molecule has 0 spiro atoms. The Morgan fingerprint density at radius 2 is 2.12 bits per heavy atom. The Bertz CT molecular complexity index is 470. The molecule has 1 N–H and O–H groups in total. The van der Waals surface area contributed by atoms with Gasteiger partial charge in [-0.15, -0.1) is 10.2 Å². The molecule has 0 atom stereocenters. The first-order valence-electron chi connectivity index (χ1n) is 4.98. The monoisotopic (exact) mass is 235 g/mol. The maximum atomic E-state index is 5.66. The molecule has 0 bridgehead atoms. The van der Waals surface area contributed by atoms with Crippen molar-refractivity contribution in [1.82, 2.24) is 10.2 Å². The van der Waals surface area contributed by atoms with Crippen LogP contribution in [0.3, 0.4) is 0 Å². The fraction of sp³-hybridized carbons (Fsp3) is 0.273. The Labute approximate surface area is 98.3 Å². The Kier molecular flexibility index (Phi) is 3.36. The predicted octanol–water partition coefficient (Wildman–Crippen LogP) is 2.47. The Balaban J connectivity index is 1.99. The van der Waals surface area contributed by atoms with Crippen LogP contribution in [0.4, 0.5) is 5.13 Å². The van der Waals surface area contributed by atoms with Crippen molar-refractivity contribution in [1.29, 1.82) is 0 Å². The number of rotatable bonds is 4. The summed E-state index contributed by atoms with van der Waals surface area (Å²) in [4.78, 5) is 0. The van der Waals surface area contributed by atoms with E-state index in [1.807, 2.05) is 38.2 Å². The number of aryl methyl sites for hydroxylation is 1. The highest BCUT2D eigenvalue weighted by Crippen LogP contribution is 2.20. The molecule has 2 rings (SSSR count). The summed E-state index contributed by atoms with van der Waals surface area (Å²) in [7, 11) is 1.83. The zero-order valence-electron chi connectivity index (χ0n) is 9.23. The number of ether oxygens (including phenoxy) is 1. The third-order valence-electron chi connectivity index (χ3n) is 2.13. The summed E-state index contributed by atoms with van der Waals surface area (Å²) in [6.07, 6.45) is 0. The van der Waals surface area contributed by atoms with Gasteiger partial charge in [-0.25, -0.2) is 0 Å². The van der Waals surface area contributed by atoms with Crippen LogP contribution in [-0.2, 0) is 6.61 Å². The molecule has 1 aromatic carbocycles. The quantitative estimate of drug-likeness (QED) is 0.884. The van der Waals surface area contributed by atoms with E-state index >= 15 is 0 Å². The van der Waals surface area contributed by atoms with Gasteiger partial charge in [0.05, 0.1) is 0 Å². The minimum absolute atomic E-state index is 0.463. The van der Waals surface area contributed by atoms with Crippen molar-refractivity contribution in [2.75, 3.05) is 12.4 Å². The molecule has 0 aliphatic carbocycles. The third kappa shape index (κ3) is 2.49. The van der Waals surface area contributed by atoms with Crippen LogP contribution in [0.15, 0.2) is 24.3 Å². The molecular weight excluding hydrogens is 222 g/mol. The lowest BCUT2D eigenvalue weighted by molar-refractivity contribution is 0.302. The number of hydrogen-bond donors (Lipinski definition) is 1. The SMILES string of the molecule is CNc1nnc(COc2ccccc2C)s1. The number of benzene rings is 1. The number of nitrogens with one attached hydrogen (secondary N) is 1. The van der Waals surface area contributed by atoms with Crippen LogP contribution in [-0.4, -0.2) is 17.2 Å². The molecule has 5 heteroatoms. The largest absolute Gasteiger partial charge is 0.486 e. The van der Waals surface area contributed by atoms with Crippen LogP contribution in [0.2, 0.25) is 0 Å². The van der Waals surface area contributed by atoms with Crippen molar-refractivity contribution in [3.8, 4) is 5.75 Å². The zero-order valence-corrected chi connectivity index (χ0v) is 10.0. The van der Waals surface area contributed by atoms with Crippen LogP contribution in [0, 0.1) is 6.92 Å². The van der Waals surface area contributed by atoms with Gasteiger partial charge in [-0.05, 0) is 18.6 Å². The zero-order chi connectivity index (χ0) is 11.4. The van der Waals surface area contributed by atoms with Crippen LogP contribution < -0.4 is 10.1 Å². The van der Waals surface area contributed by atoms with E-state index in [2.05, 4.69) is 15.5 Å². The average molecular weight is 235 g/mol. The van der Waals surface area contributed by atoms with Crippen molar-refractivity contribution in [3.63, 3.8) is 0 Å². The van der Waals surface area contributed by atoms with Crippen molar-refractivity contribution >= 4 is 16.5 Å². The van der Waals surface area contributed by atoms with E-state index in [1.165, 1.54) is 11.3 Å². The van der Waals surface area contributed by atoms with Crippen molar-refractivity contribution < 1.29 is 4.74 Å². The molecule has 16 heavy (non-hydrogen) atoms. The smallest absolute Gasteiger partial charge is 0.205 e. The standard InChI is InChI=1S/C11H13N3OS/c1-8-5-3-4-6-9(8)15-7-10-13-14-11(12-2)16-10/h3-6H,7H2,1-2H3,(H,12,14). The summed E-state index contributed by atoms with van der Waals surface area (Å²) in [6, 6.07) is 7.93. The summed E-state index contributed by atoms with van der Waals surface area (Å²) in [6.45, 7) is 2.48. The van der Waals surface area contributed by atoms with Gasteiger partial charge in [0.1, 0.15) is 12.4 Å². The summed E-state index contributed by atoms with van der Waals surface area (Å²) < 4.78 is 5.66. The van der Waals surface area contributed by atoms with Crippen molar-refractivity contribution in [2.45, 2.75) is 13.5 Å². The Hall–Kier alpha value is -1.62. The van der Waals surface area contributed by atoms with E-state index in [0.29, 0.717) is 6.61 Å². The number of nitrogens with zero attached hydrogens (tertiary/aromatic N) is 2. The molecule has 0 aliphatic heterocycles. The number of hydrogen-bond acceptors (Lipinski definition) is 5. The van der Waals surface area contributed by atoms with Crippen molar-refractivity contribution in [3.05, 3.63) is 34.8 Å². The summed E-state index contributed by atoms with van der Waals surface area (Å²) >= 11 is 1.50. The van der Waals surface area contributed by atoms with Gasteiger partial charge < -0.3 is 10.1 Å². The lowest BCUT2D eigenvalue weighted by atomic mass is 10.2. The lowest BCUT2D eigenvalue weighted by Gasteiger charge is -2.05. The number of para-hydroxylation sites is 1. The van der Waals surface area contributed by atoms with Gasteiger partial charge in [-0.1, -0.05) is 29.5 Å². The third-order valence-corrected chi connectivity index (χ3v) is 3.04. The first-order valence-corrected chi connectivity index (χ1v) is 5.80. The van der Waals surface area contributed by atoms with Crippen LogP contribution >= 0.6 is 11.3 Å². The van der Waals surface area contributed by atoms with Gasteiger partial charge in [0.25, 0.3) is 0 Å². The normalized spacial score (nSPS) is 10.1. The highest BCUT2D eigenvalue weighted by atomic mass is 32.1. The van der Waals surface area contributed by atoms with Gasteiger partial charge in [0.15, 0.2) is 5.01 Å². The summed E-state index contributed by atoms with van der Waals surface area (Å²) in [5.41, 5.74) is 1.13. The van der Waals surface area contributed by atoms with Gasteiger partial charge in [-0.2, -0.15) is 0 Å². The van der Waals surface area contributed by atoms with Gasteiger partial charge in [-0.3, -0.25) is 0 Å². The van der Waals surface area contributed by atoms with E-state index < -0.39 is 0 Å². The van der Waals surface area contributed by atoms with Crippen LogP contribution in [0.25, 0.3) is 0 Å². The molecular formula is C11H13N3OS. The molecule has 0 saturated carbocycles. The second-order valence-corrected chi connectivity index (χ2v) is 4.37. The molecule has 0 saturated heterocycles. The molecule has 1 heterocycles. The summed E-state index contributed by atoms with van der Waals surface area (Å²) in [5, 5.41) is 12.6. The molecule has 0 fully saturated rings. The van der Waals surface area contributed by atoms with E-state index in [-0.39, 0.29) is 0 Å². The molecule has 0 aliphatic rings. The average Bonchev–Trinajstić information content (AvgIpc) is 2.76. The predicted molar refractivity (Wildman–Crippen MR) is 65.0 cm³/mol. The maximum Gasteiger partial charge on any atom is 0.205 e. The van der Waals surface area contributed by atoms with E-state index in [1.54, 1.807) is 0 Å². The second-order valence-electron chi connectivity index (χ2n) is 3.31. The van der Waals surface area contributed by atoms with E-state index in [9.17, 15) is 0 Å². The van der Waals surface area contributed by atoms with Gasteiger partial charge >= 0.3 is 0 Å². The summed E-state index contributed by atoms with van der Waals surface area (Å²) in [5.74, 6) is 0.892. The molecule has 84 valence electrons. The first kappa shape index (κ1) is 10.9. The molecule has 4 nitrogen and oxygen atoms in total. The van der Waals surface area contributed by atoms with Gasteiger partial charge in [0, 0.05) is 7.05 Å². The topological polar surface area (TPSA) is 47.0 Å². The fourth-order valence-corrected chi connectivity index (χ4v) is 1.88. The Morgan fingerprint density at radius 1 is 1.31 bits per heavy atom. The highest BCUT2D eigenvalue weighted by molar-refractivity contribution is 7.15. The van der Waals surface area contributed by atoms with E-state index in [0.717, 1.165) is 21.5 Å². The fourth-order valence-electron chi connectivity index (χ4n) is 1.27. The second kappa shape index (κ2) is 4.94. The minimum atomic E-state index is 0.463. The molecule has 0 unspecified atom stereocenters. The lowest BCUT2D eigenvalue weighted by Crippen LogP contribution is -1.96. The first-order chi connectivity index (χ1) is 7.79. The number of aromatic nitrogens is 2. The molecule has 2 aromatic rings. The molecule has 0 amide bonds. The Morgan fingerprint density at radius 3 is 2.81 bits per heavy atom. The van der Waals surface area contributed by atoms with Gasteiger partial charge in [0.2, 0.25) is 5.13 Å². The van der Waals surface area contributed by atoms with Crippen LogP contribution in [0.5, 0.6) is 5.75 Å². The molecule has 1 aromatic heterocycles. The highest BCUT2D eigenvalue weighted by Gasteiger charge is 2.04. The number of anilines is 1.